The molecule has 0 spiro atoms. The molecule has 0 aliphatic rings. The van der Waals surface area contributed by atoms with Crippen LogP contribution in [-0.2, 0) is 4.74 Å². The van der Waals surface area contributed by atoms with Crippen molar-refractivity contribution in [2.24, 2.45) is 5.73 Å². The standard InChI is InChI=1S/C16H22N2O3/c1-3-21-11-5-10-18-16(19)14-7-8-15(20-2)13(12-14)6-4-9-17/h7-8,12H,3,5,9-11,17H2,1-2H3,(H,18,19). The molecule has 3 N–H and O–H groups in total. The highest BCUT2D eigenvalue weighted by Gasteiger charge is 2.08. The fraction of sp³-hybridized carbons (Fsp3) is 0.438. The Balaban J connectivity index is 2.67. The van der Waals surface area contributed by atoms with Crippen LogP contribution >= 0.6 is 0 Å². The van der Waals surface area contributed by atoms with Gasteiger partial charge in [0.05, 0.1) is 19.2 Å². The highest BCUT2D eigenvalue weighted by molar-refractivity contribution is 5.94. The number of nitrogens with two attached hydrogens (primary N) is 1. The van der Waals surface area contributed by atoms with Crippen molar-refractivity contribution in [1.82, 2.24) is 5.32 Å². The van der Waals surface area contributed by atoms with Gasteiger partial charge in [0, 0.05) is 25.3 Å². The molecule has 21 heavy (non-hydrogen) atoms. The maximum atomic E-state index is 12.0. The van der Waals surface area contributed by atoms with Gasteiger partial charge >= 0.3 is 0 Å². The Kier molecular flexibility index (Phi) is 7.95. The minimum Gasteiger partial charge on any atom is -0.495 e. The van der Waals surface area contributed by atoms with E-state index in [0.29, 0.717) is 36.6 Å². The molecular formula is C16H22N2O3. The van der Waals surface area contributed by atoms with Crippen LogP contribution in [0.1, 0.15) is 29.3 Å². The summed E-state index contributed by atoms with van der Waals surface area (Å²) >= 11 is 0. The molecule has 5 nitrogen and oxygen atoms in total. The lowest BCUT2D eigenvalue weighted by Gasteiger charge is -2.08. The largest absolute Gasteiger partial charge is 0.495 e. The second-order valence-electron chi connectivity index (χ2n) is 4.23. The van der Waals surface area contributed by atoms with E-state index in [2.05, 4.69) is 17.2 Å². The highest BCUT2D eigenvalue weighted by atomic mass is 16.5. The monoisotopic (exact) mass is 290 g/mol. The van der Waals surface area contributed by atoms with Gasteiger partial charge in [0.25, 0.3) is 5.91 Å². The third-order valence-electron chi connectivity index (χ3n) is 2.74. The summed E-state index contributed by atoms with van der Waals surface area (Å²) < 4.78 is 10.4. The average Bonchev–Trinajstić information content (AvgIpc) is 2.52. The summed E-state index contributed by atoms with van der Waals surface area (Å²) in [7, 11) is 1.57. The molecule has 0 aliphatic heterocycles. The van der Waals surface area contributed by atoms with E-state index in [9.17, 15) is 4.79 Å². The maximum absolute atomic E-state index is 12.0. The second-order valence-corrected chi connectivity index (χ2v) is 4.23. The Morgan fingerprint density at radius 3 is 2.90 bits per heavy atom. The molecule has 0 radical (unpaired) electrons. The molecular weight excluding hydrogens is 268 g/mol. The fourth-order valence-electron chi connectivity index (χ4n) is 1.72. The van der Waals surface area contributed by atoms with E-state index in [4.69, 9.17) is 15.2 Å². The number of carbonyl (C=O) groups excluding carboxylic acids is 1. The lowest BCUT2D eigenvalue weighted by molar-refractivity contribution is 0.0944. The van der Waals surface area contributed by atoms with Crippen molar-refractivity contribution < 1.29 is 14.3 Å². The van der Waals surface area contributed by atoms with Crippen molar-refractivity contribution in [1.29, 1.82) is 0 Å². The van der Waals surface area contributed by atoms with Crippen LogP contribution in [0.4, 0.5) is 0 Å². The first-order valence-electron chi connectivity index (χ1n) is 6.95. The Labute approximate surface area is 125 Å². The molecule has 1 amide bonds. The highest BCUT2D eigenvalue weighted by Crippen LogP contribution is 2.18. The Morgan fingerprint density at radius 1 is 1.43 bits per heavy atom. The number of methoxy groups -OCH3 is 1. The van der Waals surface area contributed by atoms with Crippen LogP contribution in [-0.4, -0.2) is 39.3 Å². The molecule has 0 bridgehead atoms. The van der Waals surface area contributed by atoms with E-state index in [1.165, 1.54) is 0 Å². The molecule has 0 aliphatic carbocycles. The fourth-order valence-corrected chi connectivity index (χ4v) is 1.72. The number of carbonyl (C=O) groups is 1. The zero-order valence-electron chi connectivity index (χ0n) is 12.6. The summed E-state index contributed by atoms with van der Waals surface area (Å²) in [5.41, 5.74) is 6.57. The van der Waals surface area contributed by atoms with Crippen molar-refractivity contribution in [3.63, 3.8) is 0 Å². The molecule has 0 saturated carbocycles. The van der Waals surface area contributed by atoms with Crippen molar-refractivity contribution >= 4 is 5.91 Å². The van der Waals surface area contributed by atoms with E-state index in [1.807, 2.05) is 6.92 Å². The predicted molar refractivity (Wildman–Crippen MR) is 82.4 cm³/mol. The summed E-state index contributed by atoms with van der Waals surface area (Å²) in [5, 5.41) is 2.85. The van der Waals surface area contributed by atoms with Gasteiger partial charge in [0.1, 0.15) is 5.75 Å². The third kappa shape index (κ3) is 5.86. The molecule has 1 aromatic rings. The molecule has 1 aromatic carbocycles. The molecule has 0 unspecified atom stereocenters. The van der Waals surface area contributed by atoms with Gasteiger partial charge in [-0.1, -0.05) is 11.8 Å². The number of hydrogen-bond acceptors (Lipinski definition) is 4. The van der Waals surface area contributed by atoms with Crippen LogP contribution in [0.25, 0.3) is 0 Å². The third-order valence-corrected chi connectivity index (χ3v) is 2.74. The van der Waals surface area contributed by atoms with Crippen LogP contribution in [0.5, 0.6) is 5.75 Å². The number of benzene rings is 1. The normalized spacial score (nSPS) is 9.67. The van der Waals surface area contributed by atoms with Crippen LogP contribution in [0, 0.1) is 11.8 Å². The minimum absolute atomic E-state index is 0.134. The summed E-state index contributed by atoms with van der Waals surface area (Å²) in [5.74, 6) is 6.16. The second kappa shape index (κ2) is 9.81. The zero-order chi connectivity index (χ0) is 15.5. The summed E-state index contributed by atoms with van der Waals surface area (Å²) in [6.45, 7) is 4.12. The Bertz CT molecular complexity index is 518. The van der Waals surface area contributed by atoms with Gasteiger partial charge in [-0.3, -0.25) is 4.79 Å². The van der Waals surface area contributed by atoms with E-state index in [0.717, 1.165) is 6.42 Å². The first-order chi connectivity index (χ1) is 10.2. The van der Waals surface area contributed by atoms with Crippen LogP contribution in [0.3, 0.4) is 0 Å². The molecule has 0 saturated heterocycles. The van der Waals surface area contributed by atoms with Crippen LogP contribution < -0.4 is 15.8 Å². The Morgan fingerprint density at radius 2 is 2.24 bits per heavy atom. The number of ether oxygens (including phenoxy) is 2. The van der Waals surface area contributed by atoms with Gasteiger partial charge in [0.2, 0.25) is 0 Å². The van der Waals surface area contributed by atoms with E-state index in [1.54, 1.807) is 25.3 Å². The number of amides is 1. The van der Waals surface area contributed by atoms with Gasteiger partial charge < -0.3 is 20.5 Å². The van der Waals surface area contributed by atoms with E-state index >= 15 is 0 Å². The van der Waals surface area contributed by atoms with E-state index < -0.39 is 0 Å². The molecule has 0 atom stereocenters. The maximum Gasteiger partial charge on any atom is 0.251 e. The molecule has 0 heterocycles. The first kappa shape index (κ1) is 17.0. The van der Waals surface area contributed by atoms with Crippen molar-refractivity contribution in [2.75, 3.05) is 33.4 Å². The smallest absolute Gasteiger partial charge is 0.251 e. The number of nitrogens with one attached hydrogen (secondary N) is 1. The van der Waals surface area contributed by atoms with Crippen molar-refractivity contribution in [3.05, 3.63) is 29.3 Å². The molecule has 5 heteroatoms. The summed E-state index contributed by atoms with van der Waals surface area (Å²) in [6, 6.07) is 5.15. The molecule has 0 fully saturated rings. The Hall–Kier alpha value is -2.03. The minimum atomic E-state index is -0.134. The van der Waals surface area contributed by atoms with Crippen molar-refractivity contribution in [2.45, 2.75) is 13.3 Å². The number of hydrogen-bond donors (Lipinski definition) is 2. The average molecular weight is 290 g/mol. The SMILES string of the molecule is CCOCCCNC(=O)c1ccc(OC)c(C#CCN)c1. The first-order valence-corrected chi connectivity index (χ1v) is 6.95. The summed E-state index contributed by atoms with van der Waals surface area (Å²) in [6.07, 6.45) is 0.787. The summed E-state index contributed by atoms with van der Waals surface area (Å²) in [4.78, 5) is 12.0. The molecule has 1 rings (SSSR count). The van der Waals surface area contributed by atoms with Gasteiger partial charge in [-0.05, 0) is 31.5 Å². The lowest BCUT2D eigenvalue weighted by Crippen LogP contribution is -2.25. The molecule has 114 valence electrons. The molecule has 0 aromatic heterocycles. The quantitative estimate of drug-likeness (QED) is 0.584. The predicted octanol–water partition coefficient (Wildman–Crippen LogP) is 1.16. The lowest BCUT2D eigenvalue weighted by atomic mass is 10.1. The zero-order valence-corrected chi connectivity index (χ0v) is 12.6. The van der Waals surface area contributed by atoms with Gasteiger partial charge in [0.15, 0.2) is 0 Å². The number of rotatable bonds is 7. The van der Waals surface area contributed by atoms with Crippen molar-refractivity contribution in [3.8, 4) is 17.6 Å². The van der Waals surface area contributed by atoms with Gasteiger partial charge in [-0.25, -0.2) is 0 Å². The van der Waals surface area contributed by atoms with Gasteiger partial charge in [-0.15, -0.1) is 0 Å². The topological polar surface area (TPSA) is 73.6 Å². The van der Waals surface area contributed by atoms with Crippen LogP contribution in [0.15, 0.2) is 18.2 Å². The van der Waals surface area contributed by atoms with E-state index in [-0.39, 0.29) is 12.5 Å². The van der Waals surface area contributed by atoms with Gasteiger partial charge in [-0.2, -0.15) is 0 Å². The van der Waals surface area contributed by atoms with Crippen LogP contribution in [0.2, 0.25) is 0 Å².